The van der Waals surface area contributed by atoms with Gasteiger partial charge in [0.2, 0.25) is 0 Å². The van der Waals surface area contributed by atoms with Crippen LogP contribution in [-0.4, -0.2) is 63.1 Å². The van der Waals surface area contributed by atoms with E-state index in [4.69, 9.17) is 5.11 Å². The molecule has 0 bridgehead atoms. The number of hydrogen-bond acceptors (Lipinski definition) is 3. The van der Waals surface area contributed by atoms with E-state index in [2.05, 4.69) is 9.97 Å². The maximum Gasteiger partial charge on any atom is 0.407 e. The molecule has 0 unspecified atom stereocenters. The summed E-state index contributed by atoms with van der Waals surface area (Å²) in [6.07, 6.45) is -0.938. The number of nitrogens with one attached hydrogen (secondary N) is 1. The van der Waals surface area contributed by atoms with Crippen LogP contribution in [0.1, 0.15) is 10.4 Å². The van der Waals surface area contributed by atoms with Gasteiger partial charge in [-0.3, -0.25) is 4.79 Å². The number of carboxylic acid groups (broad SMARTS) is 1. The SMILES string of the molecule is O=C(O)N1CCN(C(=O)c2ccc(-c3nc4ccccc4[nH]3)cc2)CC1. The fourth-order valence-electron chi connectivity index (χ4n) is 3.14. The van der Waals surface area contributed by atoms with Gasteiger partial charge < -0.3 is 19.9 Å². The van der Waals surface area contributed by atoms with E-state index in [0.717, 1.165) is 22.4 Å². The van der Waals surface area contributed by atoms with Crippen LogP contribution < -0.4 is 0 Å². The number of benzene rings is 2. The van der Waals surface area contributed by atoms with E-state index in [1.165, 1.54) is 4.90 Å². The molecular formula is C19H18N4O3. The highest BCUT2D eigenvalue weighted by molar-refractivity contribution is 5.95. The van der Waals surface area contributed by atoms with E-state index < -0.39 is 6.09 Å². The van der Waals surface area contributed by atoms with Crippen LogP contribution in [0.5, 0.6) is 0 Å². The molecule has 1 saturated heterocycles. The summed E-state index contributed by atoms with van der Waals surface area (Å²) >= 11 is 0. The Balaban J connectivity index is 1.49. The van der Waals surface area contributed by atoms with E-state index in [-0.39, 0.29) is 5.91 Å². The van der Waals surface area contributed by atoms with Crippen molar-refractivity contribution < 1.29 is 14.7 Å². The summed E-state index contributed by atoms with van der Waals surface area (Å²) in [5.74, 6) is 0.687. The van der Waals surface area contributed by atoms with Crippen molar-refractivity contribution >= 4 is 23.0 Å². The lowest BCUT2D eigenvalue weighted by molar-refractivity contribution is 0.0625. The number of H-pyrrole nitrogens is 1. The number of aromatic amines is 1. The lowest BCUT2D eigenvalue weighted by Gasteiger charge is -2.33. The first-order valence-electron chi connectivity index (χ1n) is 8.44. The summed E-state index contributed by atoms with van der Waals surface area (Å²) < 4.78 is 0. The van der Waals surface area contributed by atoms with Crippen molar-refractivity contribution in [2.24, 2.45) is 0 Å². The Morgan fingerprint density at radius 1 is 0.923 bits per heavy atom. The van der Waals surface area contributed by atoms with E-state index in [0.29, 0.717) is 31.7 Å². The van der Waals surface area contributed by atoms with Crippen LogP contribution >= 0.6 is 0 Å². The van der Waals surface area contributed by atoms with Crippen LogP contribution in [0.25, 0.3) is 22.4 Å². The van der Waals surface area contributed by atoms with Gasteiger partial charge in [0.1, 0.15) is 5.82 Å². The molecule has 1 aromatic heterocycles. The molecule has 132 valence electrons. The number of fused-ring (bicyclic) bond motifs is 1. The molecule has 0 aliphatic carbocycles. The molecule has 0 saturated carbocycles. The monoisotopic (exact) mass is 350 g/mol. The van der Waals surface area contributed by atoms with Crippen molar-refractivity contribution in [3.8, 4) is 11.4 Å². The number of nitrogens with zero attached hydrogens (tertiary/aromatic N) is 3. The Labute approximate surface area is 149 Å². The van der Waals surface area contributed by atoms with Crippen molar-refractivity contribution in [3.63, 3.8) is 0 Å². The Kier molecular flexibility index (Phi) is 4.04. The van der Waals surface area contributed by atoms with Crippen molar-refractivity contribution in [3.05, 3.63) is 54.1 Å². The van der Waals surface area contributed by atoms with Gasteiger partial charge in [-0.25, -0.2) is 9.78 Å². The van der Waals surface area contributed by atoms with Gasteiger partial charge >= 0.3 is 6.09 Å². The molecule has 2 aromatic carbocycles. The molecule has 26 heavy (non-hydrogen) atoms. The van der Waals surface area contributed by atoms with Gasteiger partial charge in [-0.2, -0.15) is 0 Å². The van der Waals surface area contributed by atoms with Crippen LogP contribution in [0.4, 0.5) is 4.79 Å². The van der Waals surface area contributed by atoms with Crippen LogP contribution in [0.15, 0.2) is 48.5 Å². The number of rotatable bonds is 2. The summed E-state index contributed by atoms with van der Waals surface area (Å²) in [6.45, 7) is 1.52. The second-order valence-electron chi connectivity index (χ2n) is 6.24. The standard InChI is InChI=1S/C19H18N4O3/c24-18(22-9-11-23(12-10-22)19(25)26)14-7-5-13(6-8-14)17-20-15-3-1-2-4-16(15)21-17/h1-8H,9-12H2,(H,20,21)(H,25,26). The first-order valence-corrected chi connectivity index (χ1v) is 8.44. The molecule has 0 radical (unpaired) electrons. The molecule has 0 spiro atoms. The molecule has 4 rings (SSSR count). The normalized spacial score (nSPS) is 14.6. The molecule has 3 aromatic rings. The lowest BCUT2D eigenvalue weighted by Crippen LogP contribution is -2.50. The van der Waals surface area contributed by atoms with Crippen LogP contribution in [0, 0.1) is 0 Å². The smallest absolute Gasteiger partial charge is 0.407 e. The predicted molar refractivity (Wildman–Crippen MR) is 97.0 cm³/mol. The maximum absolute atomic E-state index is 12.6. The Hall–Kier alpha value is -3.35. The molecule has 1 aliphatic rings. The summed E-state index contributed by atoms with van der Waals surface area (Å²) in [4.78, 5) is 34.4. The minimum atomic E-state index is -0.938. The number of carbonyl (C=O) groups excluding carboxylic acids is 1. The average Bonchev–Trinajstić information content (AvgIpc) is 3.12. The van der Waals surface area contributed by atoms with Crippen molar-refractivity contribution in [1.29, 1.82) is 0 Å². The second-order valence-corrected chi connectivity index (χ2v) is 6.24. The third-order valence-electron chi connectivity index (χ3n) is 4.63. The minimum Gasteiger partial charge on any atom is -0.465 e. The zero-order valence-electron chi connectivity index (χ0n) is 14.1. The summed E-state index contributed by atoms with van der Waals surface area (Å²) in [7, 11) is 0. The predicted octanol–water partition coefficient (Wildman–Crippen LogP) is 2.67. The zero-order valence-corrected chi connectivity index (χ0v) is 14.1. The van der Waals surface area contributed by atoms with Crippen molar-refractivity contribution in [2.45, 2.75) is 0 Å². The molecule has 2 amide bonds. The van der Waals surface area contributed by atoms with Crippen LogP contribution in [-0.2, 0) is 0 Å². The number of aromatic nitrogens is 2. The van der Waals surface area contributed by atoms with Gasteiger partial charge in [-0.05, 0) is 24.3 Å². The highest BCUT2D eigenvalue weighted by atomic mass is 16.4. The first kappa shape index (κ1) is 16.1. The fraction of sp³-hybridized carbons (Fsp3) is 0.211. The average molecular weight is 350 g/mol. The molecule has 1 aliphatic heterocycles. The van der Waals surface area contributed by atoms with Gasteiger partial charge in [-0.15, -0.1) is 0 Å². The lowest BCUT2D eigenvalue weighted by atomic mass is 10.1. The molecule has 7 heteroatoms. The fourth-order valence-corrected chi connectivity index (χ4v) is 3.14. The van der Waals surface area contributed by atoms with Gasteiger partial charge in [-0.1, -0.05) is 24.3 Å². The molecular weight excluding hydrogens is 332 g/mol. The highest BCUT2D eigenvalue weighted by Gasteiger charge is 2.24. The van der Waals surface area contributed by atoms with E-state index >= 15 is 0 Å². The van der Waals surface area contributed by atoms with Gasteiger partial charge in [0, 0.05) is 37.3 Å². The Morgan fingerprint density at radius 2 is 1.58 bits per heavy atom. The maximum atomic E-state index is 12.6. The number of hydrogen-bond donors (Lipinski definition) is 2. The molecule has 1 fully saturated rings. The van der Waals surface area contributed by atoms with Gasteiger partial charge in [0.25, 0.3) is 5.91 Å². The Morgan fingerprint density at radius 3 is 2.23 bits per heavy atom. The molecule has 0 atom stereocenters. The topological polar surface area (TPSA) is 89.5 Å². The highest BCUT2D eigenvalue weighted by Crippen LogP contribution is 2.21. The summed E-state index contributed by atoms with van der Waals surface area (Å²) in [5.41, 5.74) is 3.37. The van der Waals surface area contributed by atoms with Gasteiger partial charge in [0.15, 0.2) is 0 Å². The molecule has 7 nitrogen and oxygen atoms in total. The first-order chi connectivity index (χ1) is 12.6. The number of para-hydroxylation sites is 2. The molecule has 2 heterocycles. The van der Waals surface area contributed by atoms with Crippen molar-refractivity contribution in [2.75, 3.05) is 26.2 Å². The van der Waals surface area contributed by atoms with E-state index in [9.17, 15) is 9.59 Å². The number of piperazine rings is 1. The van der Waals surface area contributed by atoms with Crippen LogP contribution in [0.3, 0.4) is 0 Å². The minimum absolute atomic E-state index is 0.0776. The second kappa shape index (κ2) is 6.51. The molecule has 2 N–H and O–H groups in total. The van der Waals surface area contributed by atoms with Gasteiger partial charge in [0.05, 0.1) is 11.0 Å². The number of carbonyl (C=O) groups is 2. The summed E-state index contributed by atoms with van der Waals surface area (Å²) in [5, 5.41) is 8.98. The van der Waals surface area contributed by atoms with E-state index in [1.54, 1.807) is 17.0 Å². The largest absolute Gasteiger partial charge is 0.465 e. The number of imidazole rings is 1. The van der Waals surface area contributed by atoms with E-state index in [1.807, 2.05) is 36.4 Å². The Bertz CT molecular complexity index is 923. The zero-order chi connectivity index (χ0) is 18.1. The third kappa shape index (κ3) is 2.99. The van der Waals surface area contributed by atoms with Crippen molar-refractivity contribution in [1.82, 2.24) is 19.8 Å². The number of amides is 2. The van der Waals surface area contributed by atoms with Crippen LogP contribution in [0.2, 0.25) is 0 Å². The third-order valence-corrected chi connectivity index (χ3v) is 4.63. The quantitative estimate of drug-likeness (QED) is 0.743. The summed E-state index contributed by atoms with van der Waals surface area (Å²) in [6, 6.07) is 15.1.